The molecule has 42 heavy (non-hydrogen) atoms. The van der Waals surface area contributed by atoms with Crippen molar-refractivity contribution in [2.45, 2.75) is 77.4 Å². The molecular formula is C32H39Cl2N3O4S. The quantitative estimate of drug-likeness (QED) is 0.225. The highest BCUT2D eigenvalue weighted by molar-refractivity contribution is 7.92. The van der Waals surface area contributed by atoms with Crippen molar-refractivity contribution in [2.24, 2.45) is 0 Å². The Hall–Kier alpha value is -3.07. The van der Waals surface area contributed by atoms with Gasteiger partial charge in [-0.3, -0.25) is 13.9 Å². The number of hydrogen-bond donors (Lipinski definition) is 1. The summed E-state index contributed by atoms with van der Waals surface area (Å²) >= 11 is 13.0. The number of nitrogens with one attached hydrogen (secondary N) is 1. The van der Waals surface area contributed by atoms with Gasteiger partial charge in [0, 0.05) is 28.2 Å². The molecule has 3 aromatic carbocycles. The first-order valence-corrected chi connectivity index (χ1v) is 16.3. The largest absolute Gasteiger partial charge is 0.352 e. The minimum absolute atomic E-state index is 0.0639. The first-order valence-electron chi connectivity index (χ1n) is 14.1. The lowest BCUT2D eigenvalue weighted by Gasteiger charge is -2.34. The second kappa shape index (κ2) is 14.9. The molecule has 0 fully saturated rings. The van der Waals surface area contributed by atoms with Gasteiger partial charge in [-0.05, 0) is 69.0 Å². The molecule has 2 amide bonds. The Balaban J connectivity index is 2.14. The molecule has 3 aromatic rings. The number of halogens is 2. The van der Waals surface area contributed by atoms with Crippen LogP contribution in [0.1, 0.15) is 57.2 Å². The second-order valence-corrected chi connectivity index (χ2v) is 12.9. The van der Waals surface area contributed by atoms with E-state index >= 15 is 0 Å². The molecule has 2 atom stereocenters. The average molecular weight is 633 g/mol. The van der Waals surface area contributed by atoms with Crippen LogP contribution in [0.4, 0.5) is 5.69 Å². The van der Waals surface area contributed by atoms with E-state index in [1.165, 1.54) is 17.0 Å². The summed E-state index contributed by atoms with van der Waals surface area (Å²) < 4.78 is 29.4. The molecule has 0 spiro atoms. The van der Waals surface area contributed by atoms with E-state index in [9.17, 15) is 18.0 Å². The smallest absolute Gasteiger partial charge is 0.264 e. The van der Waals surface area contributed by atoms with Crippen molar-refractivity contribution in [1.29, 1.82) is 0 Å². The van der Waals surface area contributed by atoms with E-state index in [0.717, 1.165) is 15.4 Å². The first-order chi connectivity index (χ1) is 19.9. The lowest BCUT2D eigenvalue weighted by Crippen LogP contribution is -2.53. The standard InChI is InChI=1S/C32H39Cl2N3O4S/c1-6-23(5)35-32(39)29(8-3)36(20-26-27(33)13-11-14-28(26)34)31(38)21-37(30-15-10-9-12-24(30)7-2)42(40,41)25-18-16-22(4)17-19-25/h9-19,23,29H,6-8,20-21H2,1-5H3,(H,35,39)/t23-,29+/m0/s1. The van der Waals surface area contributed by atoms with Gasteiger partial charge in [-0.1, -0.05) is 85.9 Å². The Kier molecular flexibility index (Phi) is 11.9. The Morgan fingerprint density at radius 3 is 2.07 bits per heavy atom. The number of aryl methyl sites for hydroxylation is 2. The lowest BCUT2D eigenvalue weighted by molar-refractivity contribution is -0.140. The SMILES string of the molecule is CCc1ccccc1N(CC(=O)N(Cc1c(Cl)cccc1Cl)[C@H](CC)C(=O)N[C@@H](C)CC)S(=O)(=O)c1ccc(C)cc1. The van der Waals surface area contributed by atoms with Crippen molar-refractivity contribution in [2.75, 3.05) is 10.8 Å². The van der Waals surface area contributed by atoms with Crippen molar-refractivity contribution < 1.29 is 18.0 Å². The number of benzene rings is 3. The highest BCUT2D eigenvalue weighted by Crippen LogP contribution is 2.30. The summed E-state index contributed by atoms with van der Waals surface area (Å²) in [5.74, 6) is -0.885. The highest BCUT2D eigenvalue weighted by atomic mass is 35.5. The third-order valence-electron chi connectivity index (χ3n) is 7.31. The van der Waals surface area contributed by atoms with Crippen molar-refractivity contribution in [3.05, 3.63) is 93.5 Å². The van der Waals surface area contributed by atoms with Crippen molar-refractivity contribution >= 4 is 50.7 Å². The Morgan fingerprint density at radius 1 is 0.881 bits per heavy atom. The molecule has 226 valence electrons. The van der Waals surface area contributed by atoms with E-state index in [2.05, 4.69) is 5.32 Å². The van der Waals surface area contributed by atoms with Gasteiger partial charge < -0.3 is 10.2 Å². The van der Waals surface area contributed by atoms with E-state index in [-0.39, 0.29) is 23.4 Å². The zero-order chi connectivity index (χ0) is 31.0. The first kappa shape index (κ1) is 33.4. The van der Waals surface area contributed by atoms with Crippen LogP contribution in [0.5, 0.6) is 0 Å². The number of hydrogen-bond acceptors (Lipinski definition) is 4. The third-order valence-corrected chi connectivity index (χ3v) is 9.79. The third kappa shape index (κ3) is 7.85. The van der Waals surface area contributed by atoms with Crippen LogP contribution >= 0.6 is 23.2 Å². The molecule has 1 N–H and O–H groups in total. The molecule has 0 aliphatic rings. The van der Waals surface area contributed by atoms with Crippen LogP contribution in [0, 0.1) is 6.92 Å². The van der Waals surface area contributed by atoms with Gasteiger partial charge in [0.15, 0.2) is 0 Å². The fourth-order valence-corrected chi connectivity index (χ4v) is 6.59. The van der Waals surface area contributed by atoms with Gasteiger partial charge in [-0.2, -0.15) is 0 Å². The Bertz CT molecular complexity index is 1480. The maximum absolute atomic E-state index is 14.3. The molecule has 7 nitrogen and oxygen atoms in total. The fraction of sp³-hybridized carbons (Fsp3) is 0.375. The van der Waals surface area contributed by atoms with Crippen LogP contribution in [0.2, 0.25) is 10.0 Å². The molecule has 0 bridgehead atoms. The van der Waals surface area contributed by atoms with Gasteiger partial charge >= 0.3 is 0 Å². The van der Waals surface area contributed by atoms with Crippen LogP contribution in [-0.4, -0.2) is 43.8 Å². The zero-order valence-electron chi connectivity index (χ0n) is 24.7. The monoisotopic (exact) mass is 631 g/mol. The predicted octanol–water partition coefficient (Wildman–Crippen LogP) is 6.78. The minimum atomic E-state index is -4.16. The zero-order valence-corrected chi connectivity index (χ0v) is 27.1. The predicted molar refractivity (Wildman–Crippen MR) is 171 cm³/mol. The second-order valence-electron chi connectivity index (χ2n) is 10.3. The Morgan fingerprint density at radius 2 is 1.50 bits per heavy atom. The molecule has 10 heteroatoms. The average Bonchev–Trinajstić information content (AvgIpc) is 2.97. The molecule has 0 aromatic heterocycles. The van der Waals surface area contributed by atoms with Crippen molar-refractivity contribution in [3.8, 4) is 0 Å². The number of carbonyl (C=O) groups is 2. The van der Waals surface area contributed by atoms with Gasteiger partial charge in [-0.15, -0.1) is 0 Å². The number of para-hydroxylation sites is 1. The van der Waals surface area contributed by atoms with E-state index in [0.29, 0.717) is 40.6 Å². The Labute approximate surface area is 259 Å². The van der Waals surface area contributed by atoms with E-state index < -0.39 is 28.5 Å². The van der Waals surface area contributed by atoms with Crippen LogP contribution in [0.25, 0.3) is 0 Å². The molecule has 3 rings (SSSR count). The van der Waals surface area contributed by atoms with Crippen LogP contribution < -0.4 is 9.62 Å². The van der Waals surface area contributed by atoms with Gasteiger partial charge in [0.1, 0.15) is 12.6 Å². The number of nitrogens with zero attached hydrogens (tertiary/aromatic N) is 2. The van der Waals surface area contributed by atoms with E-state index in [1.54, 1.807) is 42.5 Å². The molecule has 0 saturated heterocycles. The van der Waals surface area contributed by atoms with Gasteiger partial charge in [-0.25, -0.2) is 8.42 Å². The van der Waals surface area contributed by atoms with Gasteiger partial charge in [0.2, 0.25) is 11.8 Å². The van der Waals surface area contributed by atoms with Crippen molar-refractivity contribution in [3.63, 3.8) is 0 Å². The highest BCUT2D eigenvalue weighted by Gasteiger charge is 2.35. The minimum Gasteiger partial charge on any atom is -0.352 e. The number of sulfonamides is 1. The molecule has 0 unspecified atom stereocenters. The summed E-state index contributed by atoms with van der Waals surface area (Å²) in [5, 5.41) is 3.66. The summed E-state index contributed by atoms with van der Waals surface area (Å²) in [6.07, 6.45) is 1.56. The fourth-order valence-electron chi connectivity index (χ4n) is 4.62. The number of anilines is 1. The summed E-state index contributed by atoms with van der Waals surface area (Å²) in [6.45, 7) is 8.85. The molecular weight excluding hydrogens is 593 g/mol. The van der Waals surface area contributed by atoms with Gasteiger partial charge in [0.25, 0.3) is 10.0 Å². The summed E-state index contributed by atoms with van der Waals surface area (Å²) in [7, 11) is -4.16. The number of rotatable bonds is 13. The number of carbonyl (C=O) groups excluding carboxylic acids is 2. The number of amides is 2. The van der Waals surface area contributed by atoms with Crippen molar-refractivity contribution in [1.82, 2.24) is 10.2 Å². The maximum atomic E-state index is 14.3. The topological polar surface area (TPSA) is 86.8 Å². The molecule has 0 saturated carbocycles. The molecule has 0 heterocycles. The van der Waals surface area contributed by atoms with Crippen LogP contribution in [0.15, 0.2) is 71.6 Å². The molecule has 0 radical (unpaired) electrons. The maximum Gasteiger partial charge on any atom is 0.264 e. The van der Waals surface area contributed by atoms with Crippen LogP contribution in [-0.2, 0) is 32.6 Å². The molecule has 0 aliphatic heterocycles. The van der Waals surface area contributed by atoms with Crippen LogP contribution in [0.3, 0.4) is 0 Å². The van der Waals surface area contributed by atoms with E-state index in [4.69, 9.17) is 23.2 Å². The van der Waals surface area contributed by atoms with Gasteiger partial charge in [0.05, 0.1) is 10.6 Å². The normalized spacial score (nSPS) is 12.8. The summed E-state index contributed by atoms with van der Waals surface area (Å²) in [6, 6.07) is 17.6. The summed E-state index contributed by atoms with van der Waals surface area (Å²) in [4.78, 5) is 29.2. The van der Waals surface area contributed by atoms with E-state index in [1.807, 2.05) is 46.8 Å². The summed E-state index contributed by atoms with van der Waals surface area (Å²) in [5.41, 5.74) is 2.56. The molecule has 0 aliphatic carbocycles. The lowest BCUT2D eigenvalue weighted by atomic mass is 10.1.